The summed E-state index contributed by atoms with van der Waals surface area (Å²) in [5, 5.41) is 1.47. The van der Waals surface area contributed by atoms with Gasteiger partial charge >= 0.3 is 0 Å². The smallest absolute Gasteiger partial charge is 0.161 e. The van der Waals surface area contributed by atoms with Gasteiger partial charge < -0.3 is 9.47 Å². The van der Waals surface area contributed by atoms with Gasteiger partial charge in [0.05, 0.1) is 15.2 Å². The third-order valence-electron chi connectivity index (χ3n) is 3.53. The molecule has 0 aliphatic heterocycles. The minimum atomic E-state index is -1.22. The monoisotopic (exact) mass is 300 g/mol. The summed E-state index contributed by atoms with van der Waals surface area (Å²) < 4.78 is 11.2. The van der Waals surface area contributed by atoms with Crippen molar-refractivity contribution in [3.05, 3.63) is 53.6 Å². The van der Waals surface area contributed by atoms with Crippen LogP contribution >= 0.6 is 0 Å². The van der Waals surface area contributed by atoms with E-state index in [1.54, 1.807) is 7.11 Å². The van der Waals surface area contributed by atoms with E-state index in [0.29, 0.717) is 6.61 Å². The van der Waals surface area contributed by atoms with Crippen LogP contribution in [0.5, 0.6) is 11.5 Å². The molecule has 0 aliphatic rings. The van der Waals surface area contributed by atoms with Crippen LogP contribution in [0.15, 0.2) is 42.5 Å². The van der Waals surface area contributed by atoms with Crippen LogP contribution in [0.2, 0.25) is 19.6 Å². The first-order chi connectivity index (χ1) is 9.90. The Balaban J connectivity index is 2.07. The molecule has 0 aliphatic carbocycles. The van der Waals surface area contributed by atoms with Crippen LogP contribution < -0.4 is 14.7 Å². The van der Waals surface area contributed by atoms with Crippen molar-refractivity contribution in [1.82, 2.24) is 0 Å². The van der Waals surface area contributed by atoms with Crippen molar-refractivity contribution in [2.24, 2.45) is 0 Å². The van der Waals surface area contributed by atoms with Crippen LogP contribution in [0.25, 0.3) is 0 Å². The van der Waals surface area contributed by atoms with E-state index in [2.05, 4.69) is 43.9 Å². The highest BCUT2D eigenvalue weighted by Crippen LogP contribution is 2.28. The van der Waals surface area contributed by atoms with Crippen molar-refractivity contribution in [3.63, 3.8) is 0 Å². The van der Waals surface area contributed by atoms with E-state index in [1.807, 2.05) is 25.1 Å². The lowest BCUT2D eigenvalue weighted by atomic mass is 10.2. The van der Waals surface area contributed by atoms with Gasteiger partial charge in [-0.3, -0.25) is 0 Å². The van der Waals surface area contributed by atoms with Gasteiger partial charge in [0, 0.05) is 0 Å². The van der Waals surface area contributed by atoms with Crippen LogP contribution in [0.3, 0.4) is 0 Å². The number of hydrogen-bond acceptors (Lipinski definition) is 2. The third-order valence-corrected chi connectivity index (χ3v) is 5.60. The Morgan fingerprint density at radius 1 is 0.905 bits per heavy atom. The molecule has 0 N–H and O–H groups in total. The Morgan fingerprint density at radius 3 is 2.14 bits per heavy atom. The van der Waals surface area contributed by atoms with Gasteiger partial charge in [0.15, 0.2) is 11.5 Å². The largest absolute Gasteiger partial charge is 0.493 e. The van der Waals surface area contributed by atoms with Crippen LogP contribution in [-0.2, 0) is 6.61 Å². The van der Waals surface area contributed by atoms with Crippen molar-refractivity contribution in [3.8, 4) is 11.5 Å². The molecular formula is C18H24O2Si. The lowest BCUT2D eigenvalue weighted by Crippen LogP contribution is -2.37. The van der Waals surface area contributed by atoms with Gasteiger partial charge in [0.25, 0.3) is 0 Å². The fourth-order valence-corrected chi connectivity index (χ4v) is 3.32. The van der Waals surface area contributed by atoms with E-state index in [1.165, 1.54) is 16.3 Å². The first kappa shape index (κ1) is 15.6. The lowest BCUT2D eigenvalue weighted by Gasteiger charge is -2.17. The van der Waals surface area contributed by atoms with E-state index < -0.39 is 8.07 Å². The SMILES string of the molecule is COc1cc(C)ccc1OCc1ccc([Si](C)(C)C)cc1. The summed E-state index contributed by atoms with van der Waals surface area (Å²) in [4.78, 5) is 0. The predicted molar refractivity (Wildman–Crippen MR) is 91.5 cm³/mol. The Morgan fingerprint density at radius 2 is 1.57 bits per heavy atom. The molecule has 112 valence electrons. The van der Waals surface area contributed by atoms with E-state index in [-0.39, 0.29) is 0 Å². The maximum atomic E-state index is 5.88. The molecule has 0 fully saturated rings. The van der Waals surface area contributed by atoms with E-state index in [9.17, 15) is 0 Å². The number of ether oxygens (including phenoxy) is 2. The van der Waals surface area contributed by atoms with Gasteiger partial charge in [-0.05, 0) is 30.2 Å². The second-order valence-corrected chi connectivity index (χ2v) is 11.5. The fraction of sp³-hybridized carbons (Fsp3) is 0.333. The molecule has 0 unspecified atom stereocenters. The minimum Gasteiger partial charge on any atom is -0.493 e. The van der Waals surface area contributed by atoms with Crippen molar-refractivity contribution < 1.29 is 9.47 Å². The van der Waals surface area contributed by atoms with Crippen LogP contribution in [0, 0.1) is 6.92 Å². The minimum absolute atomic E-state index is 0.561. The highest BCUT2D eigenvalue weighted by molar-refractivity contribution is 6.88. The van der Waals surface area contributed by atoms with Crippen molar-refractivity contribution in [2.75, 3.05) is 7.11 Å². The number of methoxy groups -OCH3 is 1. The molecular weight excluding hydrogens is 276 g/mol. The summed E-state index contributed by atoms with van der Waals surface area (Å²) in [7, 11) is 0.446. The normalized spacial score (nSPS) is 11.3. The third kappa shape index (κ3) is 4.11. The molecule has 0 saturated heterocycles. The number of benzene rings is 2. The second-order valence-electron chi connectivity index (χ2n) is 6.39. The maximum Gasteiger partial charge on any atom is 0.161 e. The fourth-order valence-electron chi connectivity index (χ4n) is 2.16. The van der Waals surface area contributed by atoms with E-state index >= 15 is 0 Å². The highest BCUT2D eigenvalue weighted by Gasteiger charge is 2.15. The quantitative estimate of drug-likeness (QED) is 0.773. The highest BCUT2D eigenvalue weighted by atomic mass is 28.3. The summed E-state index contributed by atoms with van der Waals surface area (Å²) in [6, 6.07) is 14.8. The topological polar surface area (TPSA) is 18.5 Å². The first-order valence-corrected chi connectivity index (χ1v) is 10.8. The van der Waals surface area contributed by atoms with Gasteiger partial charge in [-0.1, -0.05) is 55.2 Å². The standard InChI is InChI=1S/C18H24O2Si/c1-14-6-11-17(18(12-14)19-2)20-13-15-7-9-16(10-8-15)21(3,4)5/h6-12H,13H2,1-5H3. The zero-order chi connectivity index (χ0) is 15.5. The summed E-state index contributed by atoms with van der Waals surface area (Å²) in [6.45, 7) is 9.67. The molecule has 0 bridgehead atoms. The van der Waals surface area contributed by atoms with Crippen LogP contribution in [0.1, 0.15) is 11.1 Å². The molecule has 0 saturated carbocycles. The zero-order valence-corrected chi connectivity index (χ0v) is 14.6. The molecule has 0 spiro atoms. The second kappa shape index (κ2) is 6.35. The molecule has 0 radical (unpaired) electrons. The number of hydrogen-bond donors (Lipinski definition) is 0. The summed E-state index contributed by atoms with van der Waals surface area (Å²) in [6.07, 6.45) is 0. The molecule has 21 heavy (non-hydrogen) atoms. The summed E-state index contributed by atoms with van der Waals surface area (Å²) >= 11 is 0. The summed E-state index contributed by atoms with van der Waals surface area (Å²) in [5.74, 6) is 1.58. The molecule has 0 heterocycles. The summed E-state index contributed by atoms with van der Waals surface area (Å²) in [5.41, 5.74) is 2.35. The Kier molecular flexibility index (Phi) is 4.73. The Bertz CT molecular complexity index is 598. The molecule has 2 aromatic rings. The van der Waals surface area contributed by atoms with E-state index in [4.69, 9.17) is 9.47 Å². The van der Waals surface area contributed by atoms with Crippen molar-refractivity contribution >= 4 is 13.3 Å². The first-order valence-electron chi connectivity index (χ1n) is 7.27. The molecule has 2 nitrogen and oxygen atoms in total. The van der Waals surface area contributed by atoms with Crippen LogP contribution in [-0.4, -0.2) is 15.2 Å². The average Bonchev–Trinajstić information content (AvgIpc) is 2.45. The molecule has 2 aromatic carbocycles. The van der Waals surface area contributed by atoms with Crippen LogP contribution in [0.4, 0.5) is 0 Å². The molecule has 0 atom stereocenters. The Labute approximate surface area is 128 Å². The van der Waals surface area contributed by atoms with Gasteiger partial charge in [0.2, 0.25) is 0 Å². The van der Waals surface area contributed by atoms with Gasteiger partial charge in [-0.2, -0.15) is 0 Å². The number of aryl methyl sites for hydroxylation is 1. The zero-order valence-electron chi connectivity index (χ0n) is 13.6. The van der Waals surface area contributed by atoms with Gasteiger partial charge in [-0.15, -0.1) is 0 Å². The van der Waals surface area contributed by atoms with Crippen molar-refractivity contribution in [2.45, 2.75) is 33.2 Å². The van der Waals surface area contributed by atoms with Gasteiger partial charge in [-0.25, -0.2) is 0 Å². The molecule has 0 amide bonds. The predicted octanol–water partition coefficient (Wildman–Crippen LogP) is 4.13. The molecule has 2 rings (SSSR count). The van der Waals surface area contributed by atoms with E-state index in [0.717, 1.165) is 11.5 Å². The lowest BCUT2D eigenvalue weighted by molar-refractivity contribution is 0.284. The van der Waals surface area contributed by atoms with Gasteiger partial charge in [0.1, 0.15) is 6.61 Å². The average molecular weight is 300 g/mol. The van der Waals surface area contributed by atoms with Crippen molar-refractivity contribution in [1.29, 1.82) is 0 Å². The molecule has 3 heteroatoms. The number of rotatable bonds is 5. The molecule has 0 aromatic heterocycles. The Hall–Kier alpha value is -1.74. The maximum absolute atomic E-state index is 5.88.